The SMILES string of the molecule is Cc1c(CN(C)S(=O)(=O)c2cnn(C(F)F)c2C)cnn1C. The summed E-state index contributed by atoms with van der Waals surface area (Å²) in [4.78, 5) is -0.225. The van der Waals surface area contributed by atoms with E-state index in [0.717, 1.165) is 21.8 Å². The molecule has 2 rings (SSSR count). The highest BCUT2D eigenvalue weighted by Crippen LogP contribution is 2.23. The predicted molar refractivity (Wildman–Crippen MR) is 74.8 cm³/mol. The monoisotopic (exact) mass is 333 g/mol. The second kappa shape index (κ2) is 5.76. The van der Waals surface area contributed by atoms with Crippen LogP contribution >= 0.6 is 0 Å². The number of sulfonamides is 1. The van der Waals surface area contributed by atoms with Gasteiger partial charge in [0, 0.05) is 31.9 Å². The Hall–Kier alpha value is -1.81. The topological polar surface area (TPSA) is 73.0 Å². The summed E-state index contributed by atoms with van der Waals surface area (Å²) in [5.74, 6) is 0. The molecule has 0 aliphatic heterocycles. The fourth-order valence-corrected chi connectivity index (χ4v) is 3.34. The fourth-order valence-electron chi connectivity index (χ4n) is 2.05. The van der Waals surface area contributed by atoms with Crippen LogP contribution in [0.15, 0.2) is 17.3 Å². The summed E-state index contributed by atoms with van der Waals surface area (Å²) in [6, 6.07) is 0. The lowest BCUT2D eigenvalue weighted by molar-refractivity contribution is 0.0541. The van der Waals surface area contributed by atoms with Crippen LogP contribution in [0.25, 0.3) is 0 Å². The molecule has 0 spiro atoms. The summed E-state index contributed by atoms with van der Waals surface area (Å²) in [7, 11) is -0.764. The first-order chi connectivity index (χ1) is 10.2. The third-order valence-electron chi connectivity index (χ3n) is 3.60. The van der Waals surface area contributed by atoms with Gasteiger partial charge in [-0.1, -0.05) is 0 Å². The van der Waals surface area contributed by atoms with E-state index in [2.05, 4.69) is 10.2 Å². The van der Waals surface area contributed by atoms with Crippen LogP contribution < -0.4 is 0 Å². The Morgan fingerprint density at radius 3 is 2.32 bits per heavy atom. The summed E-state index contributed by atoms with van der Waals surface area (Å²) in [5, 5.41) is 7.49. The molecule has 0 aliphatic rings. The van der Waals surface area contributed by atoms with Crippen molar-refractivity contribution in [2.45, 2.75) is 31.8 Å². The number of aryl methyl sites for hydroxylation is 1. The maximum atomic E-state index is 12.7. The Morgan fingerprint density at radius 1 is 1.23 bits per heavy atom. The van der Waals surface area contributed by atoms with Crippen LogP contribution in [-0.2, 0) is 23.6 Å². The lowest BCUT2D eigenvalue weighted by Crippen LogP contribution is -2.27. The normalized spacial score (nSPS) is 12.5. The van der Waals surface area contributed by atoms with E-state index in [-0.39, 0.29) is 17.1 Å². The van der Waals surface area contributed by atoms with Crippen molar-refractivity contribution >= 4 is 10.0 Å². The van der Waals surface area contributed by atoms with Crippen LogP contribution in [-0.4, -0.2) is 39.3 Å². The minimum Gasteiger partial charge on any atom is -0.273 e. The standard InChI is InChI=1S/C12H17F2N5O2S/c1-8-10(5-15-18(8)4)7-17(3)22(20,21)11-6-16-19(9(11)2)12(13)14/h5-6,12H,7H2,1-4H3. The summed E-state index contributed by atoms with van der Waals surface area (Å²) >= 11 is 0. The quantitative estimate of drug-likeness (QED) is 0.830. The predicted octanol–water partition coefficient (Wildman–Crippen LogP) is 1.45. The Kier molecular flexibility index (Phi) is 4.34. The van der Waals surface area contributed by atoms with Crippen molar-refractivity contribution in [3.05, 3.63) is 29.3 Å². The van der Waals surface area contributed by atoms with E-state index in [4.69, 9.17) is 0 Å². The van der Waals surface area contributed by atoms with Crippen LogP contribution in [0.2, 0.25) is 0 Å². The number of hydrogen-bond acceptors (Lipinski definition) is 4. The van der Waals surface area contributed by atoms with Gasteiger partial charge >= 0.3 is 6.55 Å². The molecule has 10 heteroatoms. The average Bonchev–Trinajstić information content (AvgIpc) is 2.96. The largest absolute Gasteiger partial charge is 0.333 e. The summed E-state index contributed by atoms with van der Waals surface area (Å²) in [6.45, 7) is 0.342. The number of hydrogen-bond donors (Lipinski definition) is 0. The van der Waals surface area contributed by atoms with Crippen LogP contribution in [0.5, 0.6) is 0 Å². The van der Waals surface area contributed by atoms with E-state index in [1.807, 2.05) is 6.92 Å². The zero-order valence-corrected chi connectivity index (χ0v) is 13.5. The third kappa shape index (κ3) is 2.75. The molecule has 7 nitrogen and oxygen atoms in total. The van der Waals surface area contributed by atoms with Crippen molar-refractivity contribution in [3.63, 3.8) is 0 Å². The molecule has 22 heavy (non-hydrogen) atoms. The number of rotatable bonds is 5. The highest BCUT2D eigenvalue weighted by Gasteiger charge is 2.28. The summed E-state index contributed by atoms with van der Waals surface area (Å²) in [6.07, 6.45) is 2.53. The van der Waals surface area contributed by atoms with Gasteiger partial charge in [0.2, 0.25) is 10.0 Å². The molecule has 0 unspecified atom stereocenters. The molecule has 0 N–H and O–H groups in total. The Balaban J connectivity index is 2.32. The first-order valence-corrected chi connectivity index (χ1v) is 7.86. The maximum Gasteiger partial charge on any atom is 0.333 e. The zero-order chi connectivity index (χ0) is 16.7. The fraction of sp³-hybridized carbons (Fsp3) is 0.500. The second-order valence-corrected chi connectivity index (χ2v) is 6.97. The van der Waals surface area contributed by atoms with Gasteiger partial charge in [0.15, 0.2) is 0 Å². The van der Waals surface area contributed by atoms with Gasteiger partial charge in [0.25, 0.3) is 0 Å². The second-order valence-electron chi connectivity index (χ2n) is 4.96. The van der Waals surface area contributed by atoms with Crippen LogP contribution in [0, 0.1) is 13.8 Å². The van der Waals surface area contributed by atoms with Crippen molar-refractivity contribution < 1.29 is 17.2 Å². The summed E-state index contributed by atoms with van der Waals surface area (Å²) in [5.41, 5.74) is 1.49. The molecule has 0 saturated carbocycles. The van der Waals surface area contributed by atoms with Gasteiger partial charge in [-0.25, -0.2) is 13.1 Å². The van der Waals surface area contributed by atoms with Crippen molar-refractivity contribution in [1.82, 2.24) is 23.9 Å². The number of nitrogens with zero attached hydrogens (tertiary/aromatic N) is 5. The smallest absolute Gasteiger partial charge is 0.273 e. The van der Waals surface area contributed by atoms with E-state index >= 15 is 0 Å². The molecule has 0 atom stereocenters. The molecular weight excluding hydrogens is 316 g/mol. The maximum absolute atomic E-state index is 12.7. The molecule has 2 aromatic rings. The Bertz CT molecular complexity index is 782. The first kappa shape index (κ1) is 16.6. The van der Waals surface area contributed by atoms with Gasteiger partial charge in [-0.2, -0.15) is 23.3 Å². The molecule has 0 saturated heterocycles. The molecule has 2 heterocycles. The third-order valence-corrected chi connectivity index (χ3v) is 5.51. The molecule has 0 radical (unpaired) electrons. The van der Waals surface area contributed by atoms with Gasteiger partial charge in [-0.3, -0.25) is 4.68 Å². The van der Waals surface area contributed by atoms with Crippen LogP contribution in [0.4, 0.5) is 8.78 Å². The van der Waals surface area contributed by atoms with E-state index in [9.17, 15) is 17.2 Å². The van der Waals surface area contributed by atoms with Crippen molar-refractivity contribution in [1.29, 1.82) is 0 Å². The lowest BCUT2D eigenvalue weighted by atomic mass is 10.3. The van der Waals surface area contributed by atoms with E-state index < -0.39 is 16.6 Å². The van der Waals surface area contributed by atoms with Gasteiger partial charge in [0.1, 0.15) is 4.90 Å². The molecular formula is C12H17F2N5O2S. The number of halogens is 2. The highest BCUT2D eigenvalue weighted by molar-refractivity contribution is 7.89. The molecule has 0 amide bonds. The van der Waals surface area contributed by atoms with Crippen molar-refractivity contribution in [2.24, 2.45) is 7.05 Å². The Labute approximate surface area is 127 Å². The molecule has 122 valence electrons. The Morgan fingerprint density at radius 2 is 1.86 bits per heavy atom. The lowest BCUT2D eigenvalue weighted by Gasteiger charge is -2.16. The number of aromatic nitrogens is 4. The first-order valence-electron chi connectivity index (χ1n) is 6.42. The van der Waals surface area contributed by atoms with Gasteiger partial charge in [0.05, 0.1) is 18.1 Å². The average molecular weight is 333 g/mol. The van der Waals surface area contributed by atoms with Crippen LogP contribution in [0.3, 0.4) is 0 Å². The number of alkyl halides is 2. The highest BCUT2D eigenvalue weighted by atomic mass is 32.2. The van der Waals surface area contributed by atoms with E-state index in [1.54, 1.807) is 17.9 Å². The van der Waals surface area contributed by atoms with Gasteiger partial charge in [-0.05, 0) is 13.8 Å². The van der Waals surface area contributed by atoms with E-state index in [1.165, 1.54) is 14.0 Å². The molecule has 0 bridgehead atoms. The van der Waals surface area contributed by atoms with Crippen LogP contribution in [0.1, 0.15) is 23.5 Å². The molecule has 0 aliphatic carbocycles. The minimum absolute atomic E-state index is 0.0928. The summed E-state index contributed by atoms with van der Waals surface area (Å²) < 4.78 is 53.6. The van der Waals surface area contributed by atoms with Crippen molar-refractivity contribution in [3.8, 4) is 0 Å². The van der Waals surface area contributed by atoms with Crippen molar-refractivity contribution in [2.75, 3.05) is 7.05 Å². The van der Waals surface area contributed by atoms with Gasteiger partial charge < -0.3 is 0 Å². The zero-order valence-electron chi connectivity index (χ0n) is 12.7. The van der Waals surface area contributed by atoms with E-state index in [0.29, 0.717) is 4.68 Å². The van der Waals surface area contributed by atoms with Gasteiger partial charge in [-0.15, -0.1) is 0 Å². The molecule has 2 aromatic heterocycles. The molecule has 0 aromatic carbocycles. The molecule has 0 fully saturated rings. The minimum atomic E-state index is -3.91.